The van der Waals surface area contributed by atoms with Crippen LogP contribution in [0.15, 0.2) is 18.2 Å². The second-order valence-corrected chi connectivity index (χ2v) is 4.60. The summed E-state index contributed by atoms with van der Waals surface area (Å²) in [6, 6.07) is 5.75. The summed E-state index contributed by atoms with van der Waals surface area (Å²) in [4.78, 5) is 10.6. The van der Waals surface area contributed by atoms with E-state index in [4.69, 9.17) is 10.8 Å². The first-order valence-corrected chi connectivity index (χ1v) is 5.68. The van der Waals surface area contributed by atoms with Gasteiger partial charge in [0.1, 0.15) is 0 Å². The van der Waals surface area contributed by atoms with Gasteiger partial charge in [0.05, 0.1) is 6.42 Å². The van der Waals surface area contributed by atoms with Crippen molar-refractivity contribution < 1.29 is 9.90 Å². The number of aryl methyl sites for hydroxylation is 1. The fourth-order valence-corrected chi connectivity index (χ4v) is 2.36. The fraction of sp³-hybridized carbons (Fsp3) is 0.462. The van der Waals surface area contributed by atoms with Gasteiger partial charge in [-0.05, 0) is 35.4 Å². The highest BCUT2D eigenvalue weighted by atomic mass is 16.4. The predicted molar refractivity (Wildman–Crippen MR) is 62.4 cm³/mol. The molecule has 16 heavy (non-hydrogen) atoms. The predicted octanol–water partition coefficient (Wildman–Crippen LogP) is 2.21. The highest BCUT2D eigenvalue weighted by molar-refractivity contribution is 5.68. The average molecular weight is 219 g/mol. The van der Waals surface area contributed by atoms with E-state index in [0.29, 0.717) is 5.92 Å². The molecule has 1 aromatic rings. The number of nitrogens with two attached hydrogens (primary N) is 1. The van der Waals surface area contributed by atoms with E-state index in [1.165, 1.54) is 17.5 Å². The number of rotatable bonds is 3. The zero-order valence-corrected chi connectivity index (χ0v) is 9.44. The van der Waals surface area contributed by atoms with Crippen LogP contribution in [-0.2, 0) is 11.2 Å². The molecule has 1 aromatic carbocycles. The molecule has 3 heteroatoms. The zero-order valence-electron chi connectivity index (χ0n) is 9.44. The van der Waals surface area contributed by atoms with Crippen LogP contribution in [0.5, 0.6) is 0 Å². The van der Waals surface area contributed by atoms with Crippen LogP contribution >= 0.6 is 0 Å². The normalized spacial score (nSPS) is 20.5. The van der Waals surface area contributed by atoms with Gasteiger partial charge in [0.15, 0.2) is 0 Å². The molecule has 2 unspecified atom stereocenters. The lowest BCUT2D eigenvalue weighted by molar-refractivity contribution is -0.137. The number of hydrogen-bond acceptors (Lipinski definition) is 2. The van der Waals surface area contributed by atoms with E-state index in [2.05, 4.69) is 19.1 Å². The summed E-state index contributed by atoms with van der Waals surface area (Å²) in [5.74, 6) is -0.270. The lowest BCUT2D eigenvalue weighted by Gasteiger charge is -2.12. The van der Waals surface area contributed by atoms with Gasteiger partial charge in [0.25, 0.3) is 0 Å². The molecule has 0 heterocycles. The van der Waals surface area contributed by atoms with Gasteiger partial charge in [-0.25, -0.2) is 0 Å². The Morgan fingerprint density at radius 1 is 1.62 bits per heavy atom. The molecule has 3 N–H and O–H groups in total. The molecule has 0 saturated heterocycles. The summed E-state index contributed by atoms with van der Waals surface area (Å²) in [5.41, 5.74) is 9.53. The quantitative estimate of drug-likeness (QED) is 0.819. The third-order valence-electron chi connectivity index (χ3n) is 3.37. The number of carbonyl (C=O) groups is 1. The van der Waals surface area contributed by atoms with Gasteiger partial charge < -0.3 is 10.8 Å². The van der Waals surface area contributed by atoms with Gasteiger partial charge in [-0.15, -0.1) is 0 Å². The maximum atomic E-state index is 10.6. The van der Waals surface area contributed by atoms with Crippen LogP contribution in [0, 0.1) is 0 Å². The Balaban J connectivity index is 2.24. The Kier molecular flexibility index (Phi) is 2.97. The van der Waals surface area contributed by atoms with Gasteiger partial charge in [0.2, 0.25) is 0 Å². The van der Waals surface area contributed by atoms with Crippen LogP contribution in [-0.4, -0.2) is 11.1 Å². The van der Waals surface area contributed by atoms with Crippen molar-refractivity contribution in [3.8, 4) is 0 Å². The smallest absolute Gasteiger partial charge is 0.305 e. The molecule has 2 rings (SSSR count). The average Bonchev–Trinajstić information content (AvgIpc) is 2.59. The highest BCUT2D eigenvalue weighted by Gasteiger charge is 2.20. The fourth-order valence-electron chi connectivity index (χ4n) is 2.36. The van der Waals surface area contributed by atoms with Gasteiger partial charge in [0, 0.05) is 6.04 Å². The lowest BCUT2D eigenvalue weighted by Crippen LogP contribution is -2.15. The van der Waals surface area contributed by atoms with Gasteiger partial charge in [-0.2, -0.15) is 0 Å². The molecule has 0 fully saturated rings. The highest BCUT2D eigenvalue weighted by Crippen LogP contribution is 2.34. The standard InChI is InChI=1S/C13H17NO2/c1-8-2-3-9-4-5-10(6-11(8)9)12(14)7-13(15)16/h4-6,8,12H,2-3,7,14H2,1H3,(H,15,16). The first-order chi connectivity index (χ1) is 7.58. The third kappa shape index (κ3) is 2.09. The monoisotopic (exact) mass is 219 g/mol. The first-order valence-electron chi connectivity index (χ1n) is 5.68. The van der Waals surface area contributed by atoms with Crippen LogP contribution in [0.25, 0.3) is 0 Å². The van der Waals surface area contributed by atoms with E-state index in [1.54, 1.807) is 0 Å². The molecule has 0 bridgehead atoms. The number of carboxylic acids is 1. The Morgan fingerprint density at radius 2 is 2.38 bits per heavy atom. The van der Waals surface area contributed by atoms with Crippen LogP contribution in [0.3, 0.4) is 0 Å². The summed E-state index contributed by atoms with van der Waals surface area (Å²) in [5, 5.41) is 8.71. The molecule has 1 aliphatic rings. The Bertz CT molecular complexity index is 414. The summed E-state index contributed by atoms with van der Waals surface area (Å²) in [6.45, 7) is 2.21. The topological polar surface area (TPSA) is 63.3 Å². The number of carboxylic acid groups (broad SMARTS) is 1. The van der Waals surface area contributed by atoms with E-state index < -0.39 is 12.0 Å². The number of benzene rings is 1. The molecule has 1 aliphatic carbocycles. The van der Waals surface area contributed by atoms with Crippen molar-refractivity contribution in [1.29, 1.82) is 0 Å². The Morgan fingerprint density at radius 3 is 3.06 bits per heavy atom. The Labute approximate surface area is 95.3 Å². The van der Waals surface area contributed by atoms with Crippen molar-refractivity contribution in [3.63, 3.8) is 0 Å². The van der Waals surface area contributed by atoms with Crippen LogP contribution in [0.1, 0.15) is 48.4 Å². The minimum atomic E-state index is -0.846. The maximum absolute atomic E-state index is 10.6. The molecular formula is C13H17NO2. The van der Waals surface area contributed by atoms with E-state index in [0.717, 1.165) is 12.0 Å². The van der Waals surface area contributed by atoms with Crippen LogP contribution in [0.4, 0.5) is 0 Å². The number of hydrogen-bond donors (Lipinski definition) is 2. The SMILES string of the molecule is CC1CCc2ccc(C(N)CC(=O)O)cc21. The van der Waals surface area contributed by atoms with Gasteiger partial charge in [-0.1, -0.05) is 25.1 Å². The molecule has 86 valence electrons. The molecule has 0 spiro atoms. The van der Waals surface area contributed by atoms with Crippen LogP contribution in [0.2, 0.25) is 0 Å². The van der Waals surface area contributed by atoms with E-state index >= 15 is 0 Å². The minimum Gasteiger partial charge on any atom is -0.481 e. The Hall–Kier alpha value is -1.35. The summed E-state index contributed by atoms with van der Waals surface area (Å²) in [7, 11) is 0. The zero-order chi connectivity index (χ0) is 11.7. The number of fused-ring (bicyclic) bond motifs is 1. The molecule has 0 amide bonds. The minimum absolute atomic E-state index is 0.00678. The van der Waals surface area contributed by atoms with Gasteiger partial charge >= 0.3 is 5.97 Å². The largest absolute Gasteiger partial charge is 0.481 e. The molecule has 3 nitrogen and oxygen atoms in total. The molecular weight excluding hydrogens is 202 g/mol. The van der Waals surface area contributed by atoms with Crippen molar-refractivity contribution >= 4 is 5.97 Å². The molecule has 0 aromatic heterocycles. The molecule has 2 atom stereocenters. The molecule has 0 aliphatic heterocycles. The molecule has 0 radical (unpaired) electrons. The van der Waals surface area contributed by atoms with E-state index in [1.807, 2.05) is 6.07 Å². The second kappa shape index (κ2) is 4.26. The summed E-state index contributed by atoms with van der Waals surface area (Å²) in [6.07, 6.45) is 2.31. The van der Waals surface area contributed by atoms with Crippen molar-refractivity contribution in [2.75, 3.05) is 0 Å². The third-order valence-corrected chi connectivity index (χ3v) is 3.37. The van der Waals surface area contributed by atoms with Crippen molar-refractivity contribution in [1.82, 2.24) is 0 Å². The van der Waals surface area contributed by atoms with Crippen molar-refractivity contribution in [3.05, 3.63) is 34.9 Å². The lowest BCUT2D eigenvalue weighted by atomic mass is 9.96. The maximum Gasteiger partial charge on any atom is 0.305 e. The van der Waals surface area contributed by atoms with E-state index in [9.17, 15) is 4.79 Å². The van der Waals surface area contributed by atoms with Crippen molar-refractivity contribution in [2.24, 2.45) is 5.73 Å². The van der Waals surface area contributed by atoms with E-state index in [-0.39, 0.29) is 6.42 Å². The van der Waals surface area contributed by atoms with Gasteiger partial charge in [-0.3, -0.25) is 4.79 Å². The number of aliphatic carboxylic acids is 1. The first kappa shape index (κ1) is 11.1. The summed E-state index contributed by atoms with van der Waals surface area (Å²) >= 11 is 0. The second-order valence-electron chi connectivity index (χ2n) is 4.60. The molecule has 0 saturated carbocycles. The summed E-state index contributed by atoms with van der Waals surface area (Å²) < 4.78 is 0. The van der Waals surface area contributed by atoms with Crippen LogP contribution < -0.4 is 5.73 Å². The van der Waals surface area contributed by atoms with Crippen molar-refractivity contribution in [2.45, 2.75) is 38.1 Å².